The number of carbonyl (C=O) groups is 1. The maximum absolute atomic E-state index is 13.8. The molecule has 0 radical (unpaired) electrons. The SMILES string of the molecule is O=C(Cc1c(F)cccc1Cl)NCC1CCN(S(=O)(=O)c2cccnc2)CC1. The van der Waals surface area contributed by atoms with Crippen LogP contribution >= 0.6 is 11.6 Å². The van der Waals surface area contributed by atoms with Gasteiger partial charge in [-0.25, -0.2) is 12.8 Å². The van der Waals surface area contributed by atoms with Gasteiger partial charge >= 0.3 is 0 Å². The van der Waals surface area contributed by atoms with Gasteiger partial charge in [0, 0.05) is 42.6 Å². The molecule has 1 aromatic carbocycles. The molecule has 2 heterocycles. The van der Waals surface area contributed by atoms with Crippen LogP contribution in [0.1, 0.15) is 18.4 Å². The number of benzene rings is 1. The minimum absolute atomic E-state index is 0.125. The smallest absolute Gasteiger partial charge is 0.244 e. The molecule has 0 spiro atoms. The summed E-state index contributed by atoms with van der Waals surface area (Å²) < 4.78 is 40.4. The standard InChI is InChI=1S/C19H21ClFN3O3S/c20-17-4-1-5-18(21)16(17)11-19(25)23-12-14-6-9-24(10-7-14)28(26,27)15-3-2-8-22-13-15/h1-5,8,13-14H,6-7,9-12H2,(H,23,25). The fourth-order valence-corrected chi connectivity index (χ4v) is 4.85. The van der Waals surface area contributed by atoms with Crippen molar-refractivity contribution in [1.82, 2.24) is 14.6 Å². The highest BCUT2D eigenvalue weighted by molar-refractivity contribution is 7.89. The first-order valence-electron chi connectivity index (χ1n) is 8.97. The summed E-state index contributed by atoms with van der Waals surface area (Å²) in [6, 6.07) is 7.43. The van der Waals surface area contributed by atoms with Gasteiger partial charge in [-0.15, -0.1) is 0 Å². The zero-order valence-electron chi connectivity index (χ0n) is 15.1. The Morgan fingerprint density at radius 1 is 1.25 bits per heavy atom. The Bertz CT molecular complexity index is 912. The molecule has 1 aromatic heterocycles. The Hall–Kier alpha value is -2.03. The van der Waals surface area contributed by atoms with E-state index >= 15 is 0 Å². The van der Waals surface area contributed by atoms with Crippen LogP contribution in [0.3, 0.4) is 0 Å². The summed E-state index contributed by atoms with van der Waals surface area (Å²) in [5.41, 5.74) is 0.180. The van der Waals surface area contributed by atoms with Gasteiger partial charge in [0.15, 0.2) is 0 Å². The molecule has 150 valence electrons. The van der Waals surface area contributed by atoms with E-state index in [1.165, 1.54) is 34.9 Å². The molecule has 1 aliphatic rings. The predicted molar refractivity (Wildman–Crippen MR) is 104 cm³/mol. The lowest BCUT2D eigenvalue weighted by atomic mass is 9.98. The first-order valence-corrected chi connectivity index (χ1v) is 10.8. The van der Waals surface area contributed by atoms with Crippen molar-refractivity contribution >= 4 is 27.5 Å². The topological polar surface area (TPSA) is 79.4 Å². The zero-order valence-corrected chi connectivity index (χ0v) is 16.7. The van der Waals surface area contributed by atoms with Crippen LogP contribution in [0.15, 0.2) is 47.6 Å². The monoisotopic (exact) mass is 425 g/mol. The van der Waals surface area contributed by atoms with Crippen LogP contribution in [0.25, 0.3) is 0 Å². The van der Waals surface area contributed by atoms with Gasteiger partial charge in [-0.3, -0.25) is 9.78 Å². The quantitative estimate of drug-likeness (QED) is 0.771. The number of rotatable bonds is 6. The van der Waals surface area contributed by atoms with E-state index in [2.05, 4.69) is 10.3 Å². The molecule has 0 saturated carbocycles. The molecule has 1 saturated heterocycles. The van der Waals surface area contributed by atoms with E-state index in [1.807, 2.05) is 0 Å². The van der Waals surface area contributed by atoms with Gasteiger partial charge in [0.05, 0.1) is 6.42 Å². The van der Waals surface area contributed by atoms with Crippen LogP contribution in [0.4, 0.5) is 4.39 Å². The normalized spacial score (nSPS) is 16.1. The van der Waals surface area contributed by atoms with Crippen LogP contribution in [0, 0.1) is 11.7 Å². The second-order valence-electron chi connectivity index (χ2n) is 6.72. The van der Waals surface area contributed by atoms with E-state index in [9.17, 15) is 17.6 Å². The average Bonchev–Trinajstić information content (AvgIpc) is 2.70. The predicted octanol–water partition coefficient (Wildman–Crippen LogP) is 2.63. The lowest BCUT2D eigenvalue weighted by molar-refractivity contribution is -0.120. The van der Waals surface area contributed by atoms with E-state index in [0.717, 1.165) is 0 Å². The van der Waals surface area contributed by atoms with Gasteiger partial charge in [-0.05, 0) is 43.0 Å². The first kappa shape index (κ1) is 20.7. The molecule has 2 aromatic rings. The fraction of sp³-hybridized carbons (Fsp3) is 0.368. The first-order chi connectivity index (χ1) is 13.4. The van der Waals surface area contributed by atoms with Gasteiger partial charge in [0.1, 0.15) is 10.7 Å². The third-order valence-corrected chi connectivity index (χ3v) is 7.07. The van der Waals surface area contributed by atoms with Crippen LogP contribution in [0.5, 0.6) is 0 Å². The number of nitrogens with zero attached hydrogens (tertiary/aromatic N) is 2. The maximum Gasteiger partial charge on any atom is 0.244 e. The second-order valence-corrected chi connectivity index (χ2v) is 9.06. The third kappa shape index (κ3) is 4.87. The van der Waals surface area contributed by atoms with Crippen molar-refractivity contribution < 1.29 is 17.6 Å². The van der Waals surface area contributed by atoms with Crippen molar-refractivity contribution in [1.29, 1.82) is 0 Å². The molecule has 0 bridgehead atoms. The molecule has 0 atom stereocenters. The Labute approximate surface area is 168 Å². The molecule has 9 heteroatoms. The summed E-state index contributed by atoms with van der Waals surface area (Å²) in [6.07, 6.45) is 4.03. The highest BCUT2D eigenvalue weighted by atomic mass is 35.5. The number of nitrogens with one attached hydrogen (secondary N) is 1. The molecule has 0 aliphatic carbocycles. The van der Waals surface area contributed by atoms with E-state index in [1.54, 1.807) is 12.1 Å². The summed E-state index contributed by atoms with van der Waals surface area (Å²) in [4.78, 5) is 16.2. The second kappa shape index (κ2) is 8.98. The molecule has 0 unspecified atom stereocenters. The molecule has 28 heavy (non-hydrogen) atoms. The number of hydrogen-bond acceptors (Lipinski definition) is 4. The zero-order chi connectivity index (χ0) is 20.1. The largest absolute Gasteiger partial charge is 0.356 e. The van der Waals surface area contributed by atoms with Gasteiger partial charge in [0.25, 0.3) is 0 Å². The molecule has 1 aliphatic heterocycles. The Morgan fingerprint density at radius 3 is 2.64 bits per heavy atom. The Morgan fingerprint density at radius 2 is 2.00 bits per heavy atom. The van der Waals surface area contributed by atoms with Crippen LogP contribution in [-0.4, -0.2) is 43.2 Å². The number of sulfonamides is 1. The van der Waals surface area contributed by atoms with Crippen LogP contribution in [0.2, 0.25) is 5.02 Å². The van der Waals surface area contributed by atoms with Gasteiger partial charge in [-0.2, -0.15) is 4.31 Å². The minimum atomic E-state index is -3.54. The van der Waals surface area contributed by atoms with Crippen LogP contribution < -0.4 is 5.32 Å². The summed E-state index contributed by atoms with van der Waals surface area (Å²) in [6.45, 7) is 1.19. The van der Waals surface area contributed by atoms with Crippen molar-refractivity contribution in [3.05, 3.63) is 59.1 Å². The summed E-state index contributed by atoms with van der Waals surface area (Å²) in [5, 5.41) is 3.02. The number of hydrogen-bond donors (Lipinski definition) is 1. The average molecular weight is 426 g/mol. The van der Waals surface area contributed by atoms with Crippen molar-refractivity contribution in [3.8, 4) is 0 Å². The third-order valence-electron chi connectivity index (χ3n) is 4.83. The number of aromatic nitrogens is 1. The van der Waals surface area contributed by atoms with E-state index in [0.29, 0.717) is 32.5 Å². The van der Waals surface area contributed by atoms with Crippen molar-refractivity contribution in [2.45, 2.75) is 24.2 Å². The lowest BCUT2D eigenvalue weighted by Gasteiger charge is -2.31. The number of amides is 1. The highest BCUT2D eigenvalue weighted by Crippen LogP contribution is 2.23. The fourth-order valence-electron chi connectivity index (χ4n) is 3.18. The summed E-state index contributed by atoms with van der Waals surface area (Å²) in [5.74, 6) is -0.644. The Kier molecular flexibility index (Phi) is 6.64. The number of pyridine rings is 1. The minimum Gasteiger partial charge on any atom is -0.356 e. The number of halogens is 2. The molecular weight excluding hydrogens is 405 g/mol. The van der Waals surface area contributed by atoms with E-state index < -0.39 is 15.8 Å². The molecule has 3 rings (SSSR count). The highest BCUT2D eigenvalue weighted by Gasteiger charge is 2.29. The summed E-state index contributed by atoms with van der Waals surface area (Å²) in [7, 11) is -3.54. The van der Waals surface area contributed by atoms with Gasteiger partial charge in [-0.1, -0.05) is 17.7 Å². The van der Waals surface area contributed by atoms with Gasteiger partial charge < -0.3 is 5.32 Å². The van der Waals surface area contributed by atoms with E-state index in [4.69, 9.17) is 11.6 Å². The lowest BCUT2D eigenvalue weighted by Crippen LogP contribution is -2.41. The molecule has 1 N–H and O–H groups in total. The Balaban J connectivity index is 1.49. The molecular formula is C19H21ClFN3O3S. The van der Waals surface area contributed by atoms with E-state index in [-0.39, 0.29) is 33.7 Å². The maximum atomic E-state index is 13.8. The van der Waals surface area contributed by atoms with Crippen molar-refractivity contribution in [2.75, 3.05) is 19.6 Å². The summed E-state index contributed by atoms with van der Waals surface area (Å²) >= 11 is 5.94. The van der Waals surface area contributed by atoms with Crippen molar-refractivity contribution in [3.63, 3.8) is 0 Å². The number of carbonyl (C=O) groups excluding carboxylic acids is 1. The molecule has 6 nitrogen and oxygen atoms in total. The molecule has 1 fully saturated rings. The molecule has 1 amide bonds. The van der Waals surface area contributed by atoms with Crippen LogP contribution in [-0.2, 0) is 21.2 Å². The number of piperidine rings is 1. The van der Waals surface area contributed by atoms with Gasteiger partial charge in [0.2, 0.25) is 15.9 Å². The van der Waals surface area contributed by atoms with Crippen molar-refractivity contribution in [2.24, 2.45) is 5.92 Å².